The summed E-state index contributed by atoms with van der Waals surface area (Å²) in [4.78, 5) is 54.8. The van der Waals surface area contributed by atoms with Crippen molar-refractivity contribution in [2.75, 3.05) is 33.0 Å². The number of urea groups is 1. The van der Waals surface area contributed by atoms with Crippen LogP contribution in [0, 0.1) is 0 Å². The summed E-state index contributed by atoms with van der Waals surface area (Å²) in [7, 11) is 0. The van der Waals surface area contributed by atoms with Gasteiger partial charge in [0.05, 0.1) is 13.1 Å². The van der Waals surface area contributed by atoms with Crippen LogP contribution in [0.2, 0.25) is 0 Å². The van der Waals surface area contributed by atoms with Crippen LogP contribution in [0.25, 0.3) is 0 Å². The van der Waals surface area contributed by atoms with E-state index in [0.717, 1.165) is 11.1 Å². The van der Waals surface area contributed by atoms with Crippen LogP contribution < -0.4 is 10.1 Å². The highest BCUT2D eigenvalue weighted by Crippen LogP contribution is 2.29. The van der Waals surface area contributed by atoms with Gasteiger partial charge >= 0.3 is 12.0 Å². The van der Waals surface area contributed by atoms with Crippen LogP contribution in [-0.2, 0) is 27.3 Å². The van der Waals surface area contributed by atoms with Gasteiger partial charge in [-0.1, -0.05) is 49.4 Å². The molecular weight excluding hydrogens is 521 g/mol. The van der Waals surface area contributed by atoms with Crippen molar-refractivity contribution in [2.24, 2.45) is 0 Å². The third-order valence-electron chi connectivity index (χ3n) is 7.14. The van der Waals surface area contributed by atoms with Crippen molar-refractivity contribution in [3.8, 4) is 5.75 Å². The Balaban J connectivity index is 1.57. The lowest BCUT2D eigenvalue weighted by Crippen LogP contribution is -2.76. The fourth-order valence-corrected chi connectivity index (χ4v) is 5.14. The summed E-state index contributed by atoms with van der Waals surface area (Å²) in [5, 5.41) is 15.4. The number of hydrogen-bond donors (Lipinski definition) is 2. The number of fused-ring (bicyclic) bond motifs is 1. The van der Waals surface area contributed by atoms with Crippen molar-refractivity contribution in [1.82, 2.24) is 25.1 Å². The number of likely N-dealkylation sites (N-methyl/N-ethyl adjacent to an activating group) is 1. The van der Waals surface area contributed by atoms with Crippen molar-refractivity contribution >= 4 is 23.8 Å². The molecule has 4 rings (SSSR count). The second-order valence-electron chi connectivity index (χ2n) is 9.63. The molecule has 11 nitrogen and oxygen atoms in total. The first kappa shape index (κ1) is 28.8. The van der Waals surface area contributed by atoms with Gasteiger partial charge in [0.25, 0.3) is 0 Å². The van der Waals surface area contributed by atoms with Crippen molar-refractivity contribution in [3.05, 3.63) is 65.7 Å². The average Bonchev–Trinajstić information content (AvgIpc) is 2.95. The molecule has 12 heteroatoms. The van der Waals surface area contributed by atoms with Gasteiger partial charge in [0.1, 0.15) is 18.0 Å². The standard InChI is InChI=1S/C28H34FN5O6/c1-2-32-18-25(35)33-23(12-13-26(36)37)27(38)31(15-14-20-8-10-22(11-9-20)40-19-29)17-24(33)34(32)28(39)30-16-21-6-4-3-5-7-21/h3-11,23-24H,2,12-19H2,1H3,(H,30,39)(H,36,37)/t23-,24-/m0/s1. The predicted molar refractivity (Wildman–Crippen MR) is 142 cm³/mol. The number of benzene rings is 2. The summed E-state index contributed by atoms with van der Waals surface area (Å²) in [6.45, 7) is 1.83. The smallest absolute Gasteiger partial charge is 0.334 e. The maximum Gasteiger partial charge on any atom is 0.334 e. The van der Waals surface area contributed by atoms with E-state index in [1.165, 1.54) is 9.91 Å². The number of hydrazine groups is 1. The highest BCUT2D eigenvalue weighted by atomic mass is 19.1. The number of amides is 4. The molecule has 0 radical (unpaired) electrons. The first-order chi connectivity index (χ1) is 19.3. The number of carboxylic acids is 1. The van der Waals surface area contributed by atoms with Gasteiger partial charge in [-0.15, -0.1) is 0 Å². The third kappa shape index (κ3) is 6.68. The van der Waals surface area contributed by atoms with Crippen LogP contribution in [0.5, 0.6) is 5.75 Å². The van der Waals surface area contributed by atoms with E-state index in [0.29, 0.717) is 18.7 Å². The predicted octanol–water partition coefficient (Wildman–Crippen LogP) is 2.23. The highest BCUT2D eigenvalue weighted by Gasteiger charge is 2.50. The Morgan fingerprint density at radius 1 is 1.07 bits per heavy atom. The summed E-state index contributed by atoms with van der Waals surface area (Å²) in [5.74, 6) is -1.36. The molecule has 4 amide bonds. The number of alkyl halides is 1. The van der Waals surface area contributed by atoms with E-state index in [1.54, 1.807) is 34.2 Å². The Kier molecular flexibility index (Phi) is 9.54. The fraction of sp³-hybridized carbons (Fsp3) is 0.429. The molecule has 2 saturated heterocycles. The summed E-state index contributed by atoms with van der Waals surface area (Å²) >= 11 is 0. The number of nitrogens with zero attached hydrogens (tertiary/aromatic N) is 4. The largest absolute Gasteiger partial charge is 0.481 e. The lowest BCUT2D eigenvalue weighted by molar-refractivity contribution is -0.190. The Bertz CT molecular complexity index is 1200. The number of ether oxygens (including phenoxy) is 1. The van der Waals surface area contributed by atoms with E-state index < -0.39 is 31.1 Å². The fourth-order valence-electron chi connectivity index (χ4n) is 5.14. The molecule has 2 fully saturated rings. The lowest BCUT2D eigenvalue weighted by atomic mass is 10.0. The second kappa shape index (κ2) is 13.2. The number of rotatable bonds is 11. The Labute approximate surface area is 232 Å². The molecule has 2 N–H and O–H groups in total. The van der Waals surface area contributed by atoms with Gasteiger partial charge in [-0.05, 0) is 36.1 Å². The van der Waals surface area contributed by atoms with Gasteiger partial charge < -0.3 is 25.0 Å². The molecule has 0 spiro atoms. The molecule has 40 heavy (non-hydrogen) atoms. The molecule has 0 saturated carbocycles. The number of aliphatic carboxylic acids is 1. The second-order valence-corrected chi connectivity index (χ2v) is 9.63. The summed E-state index contributed by atoms with van der Waals surface area (Å²) in [6, 6.07) is 14.8. The molecular formula is C28H34FN5O6. The van der Waals surface area contributed by atoms with Gasteiger partial charge in [0.2, 0.25) is 18.7 Å². The van der Waals surface area contributed by atoms with Crippen molar-refractivity contribution in [2.45, 2.75) is 44.9 Å². The normalized spacial score (nSPS) is 19.4. The Morgan fingerprint density at radius 3 is 2.45 bits per heavy atom. The first-order valence-electron chi connectivity index (χ1n) is 13.3. The van der Waals surface area contributed by atoms with Gasteiger partial charge in [-0.3, -0.25) is 14.4 Å². The molecule has 2 aromatic rings. The van der Waals surface area contributed by atoms with Crippen LogP contribution in [0.4, 0.5) is 9.18 Å². The Hall–Kier alpha value is -4.19. The molecule has 2 aliphatic heterocycles. The van der Waals surface area contributed by atoms with Gasteiger partial charge in [-0.2, -0.15) is 0 Å². The molecule has 0 aliphatic carbocycles. The molecule has 0 bridgehead atoms. The van der Waals surface area contributed by atoms with Gasteiger partial charge in [0.15, 0.2) is 0 Å². The average molecular weight is 556 g/mol. The lowest BCUT2D eigenvalue weighted by Gasteiger charge is -2.55. The van der Waals surface area contributed by atoms with Crippen LogP contribution >= 0.6 is 0 Å². The number of piperazine rings is 1. The number of nitrogens with one attached hydrogen (secondary N) is 1. The quantitative estimate of drug-likeness (QED) is 0.436. The summed E-state index contributed by atoms with van der Waals surface area (Å²) < 4.78 is 17.3. The Morgan fingerprint density at radius 2 is 1.80 bits per heavy atom. The minimum absolute atomic E-state index is 0.0617. The minimum Gasteiger partial charge on any atom is -0.481 e. The zero-order valence-electron chi connectivity index (χ0n) is 22.4. The van der Waals surface area contributed by atoms with Crippen LogP contribution in [0.15, 0.2) is 54.6 Å². The van der Waals surface area contributed by atoms with Crippen LogP contribution in [0.3, 0.4) is 0 Å². The molecule has 0 unspecified atom stereocenters. The van der Waals surface area contributed by atoms with E-state index in [2.05, 4.69) is 5.32 Å². The molecule has 2 heterocycles. The monoisotopic (exact) mass is 555 g/mol. The number of carbonyl (C=O) groups excluding carboxylic acids is 3. The molecule has 214 valence electrons. The third-order valence-corrected chi connectivity index (χ3v) is 7.14. The zero-order chi connectivity index (χ0) is 28.6. The van der Waals surface area contributed by atoms with Crippen molar-refractivity contribution < 1.29 is 33.4 Å². The maximum absolute atomic E-state index is 13.6. The van der Waals surface area contributed by atoms with E-state index in [-0.39, 0.29) is 50.8 Å². The van der Waals surface area contributed by atoms with E-state index in [1.807, 2.05) is 37.3 Å². The zero-order valence-corrected chi connectivity index (χ0v) is 22.4. The summed E-state index contributed by atoms with van der Waals surface area (Å²) in [6.07, 6.45) is -0.692. The minimum atomic E-state index is -1.07. The number of carboxylic acid groups (broad SMARTS) is 1. The van der Waals surface area contributed by atoms with E-state index in [4.69, 9.17) is 4.74 Å². The highest BCUT2D eigenvalue weighted by molar-refractivity contribution is 5.91. The number of halogens is 1. The van der Waals surface area contributed by atoms with E-state index in [9.17, 15) is 28.7 Å². The summed E-state index contributed by atoms with van der Waals surface area (Å²) in [5.41, 5.74) is 1.79. The van der Waals surface area contributed by atoms with E-state index >= 15 is 0 Å². The SMILES string of the molecule is CCN1CC(=O)N2[C@@H](CCC(=O)O)C(=O)N(CCc3ccc(OCF)cc3)C[C@@H]2N1C(=O)NCc1ccccc1. The molecule has 0 aromatic heterocycles. The molecule has 2 aliphatic rings. The van der Waals surface area contributed by atoms with Crippen molar-refractivity contribution in [3.63, 3.8) is 0 Å². The van der Waals surface area contributed by atoms with Gasteiger partial charge in [0, 0.05) is 26.1 Å². The topological polar surface area (TPSA) is 123 Å². The molecule has 2 aromatic carbocycles. The number of carbonyl (C=O) groups is 4. The van der Waals surface area contributed by atoms with Gasteiger partial charge in [-0.25, -0.2) is 19.2 Å². The van der Waals surface area contributed by atoms with Crippen LogP contribution in [0.1, 0.15) is 30.9 Å². The van der Waals surface area contributed by atoms with Crippen molar-refractivity contribution in [1.29, 1.82) is 0 Å². The number of hydrogen-bond acceptors (Lipinski definition) is 6. The molecule has 2 atom stereocenters. The maximum atomic E-state index is 13.6. The van der Waals surface area contributed by atoms with Crippen LogP contribution in [-0.4, -0.2) is 94.0 Å². The first-order valence-corrected chi connectivity index (χ1v) is 13.3.